The molecule has 146 valence electrons. The van der Waals surface area contributed by atoms with E-state index < -0.39 is 0 Å². The van der Waals surface area contributed by atoms with Crippen molar-refractivity contribution in [1.82, 2.24) is 20.5 Å². The number of nitrogens with one attached hydrogen (secondary N) is 2. The predicted octanol–water partition coefficient (Wildman–Crippen LogP) is 3.34. The van der Waals surface area contributed by atoms with Crippen LogP contribution in [0.5, 0.6) is 0 Å². The van der Waals surface area contributed by atoms with Crippen LogP contribution in [0.3, 0.4) is 0 Å². The van der Waals surface area contributed by atoms with Crippen LogP contribution in [0, 0.1) is 6.92 Å². The smallest absolute Gasteiger partial charge is 0.191 e. The number of rotatable bonds is 6. The molecule has 1 fully saturated rings. The maximum atomic E-state index is 4.43. The van der Waals surface area contributed by atoms with Gasteiger partial charge in [0.05, 0.1) is 12.2 Å². The Morgan fingerprint density at radius 2 is 2.00 bits per heavy atom. The Bertz CT molecular complexity index is 720. The Morgan fingerprint density at radius 3 is 2.74 bits per heavy atom. The number of benzene rings is 1. The van der Waals surface area contributed by atoms with Gasteiger partial charge in [0.25, 0.3) is 0 Å². The minimum absolute atomic E-state index is 0. The Hall–Kier alpha value is -1.67. The number of pyridine rings is 1. The minimum atomic E-state index is 0. The summed E-state index contributed by atoms with van der Waals surface area (Å²) in [4.78, 5) is 11.3. The van der Waals surface area contributed by atoms with Crippen molar-refractivity contribution >= 4 is 29.9 Å². The summed E-state index contributed by atoms with van der Waals surface area (Å²) in [6, 6.07) is 15.3. The summed E-state index contributed by atoms with van der Waals surface area (Å²) >= 11 is 0. The molecule has 0 bridgehead atoms. The zero-order chi connectivity index (χ0) is 18.2. The number of aliphatic imine (C=N–C) groups is 1. The number of aryl methyl sites for hydroxylation is 1. The highest BCUT2D eigenvalue weighted by Gasteiger charge is 2.24. The molecule has 3 rings (SSSR count). The lowest BCUT2D eigenvalue weighted by molar-refractivity contribution is 0.245. The van der Waals surface area contributed by atoms with Gasteiger partial charge in [-0.05, 0) is 43.5 Å². The molecule has 2 N–H and O–H groups in total. The van der Waals surface area contributed by atoms with Crippen LogP contribution in [-0.2, 0) is 13.1 Å². The van der Waals surface area contributed by atoms with Crippen molar-refractivity contribution in [3.8, 4) is 0 Å². The number of likely N-dealkylation sites (tertiary alicyclic amines) is 1. The molecule has 0 saturated carbocycles. The molecule has 2 aromatic rings. The predicted molar refractivity (Wildman–Crippen MR) is 122 cm³/mol. The van der Waals surface area contributed by atoms with Crippen LogP contribution >= 0.6 is 24.0 Å². The molecule has 1 atom stereocenters. The lowest BCUT2D eigenvalue weighted by Gasteiger charge is -2.25. The second-order valence-electron chi connectivity index (χ2n) is 6.83. The number of halogens is 1. The van der Waals surface area contributed by atoms with Crippen LogP contribution in [0.2, 0.25) is 0 Å². The third kappa shape index (κ3) is 6.46. The van der Waals surface area contributed by atoms with Gasteiger partial charge in [-0.15, -0.1) is 24.0 Å². The Balaban J connectivity index is 0.00000261. The summed E-state index contributed by atoms with van der Waals surface area (Å²) in [6.45, 7) is 5.87. The third-order valence-electron chi connectivity index (χ3n) is 5.00. The average molecular weight is 479 g/mol. The molecule has 27 heavy (non-hydrogen) atoms. The standard InChI is InChI=1S/C21H29N5.HI/c1-17-8-6-12-23-20(17)15-25-21(22-2)24-14-19-11-7-13-26(19)16-18-9-4-3-5-10-18;/h3-6,8-10,12,19H,7,11,13-16H2,1-2H3,(H2,22,24,25);1H. The molecule has 1 aromatic carbocycles. The summed E-state index contributed by atoms with van der Waals surface area (Å²) in [5, 5.41) is 6.86. The normalized spacial score (nSPS) is 17.4. The average Bonchev–Trinajstić information content (AvgIpc) is 3.11. The fraction of sp³-hybridized carbons (Fsp3) is 0.429. The highest BCUT2D eigenvalue weighted by atomic mass is 127. The fourth-order valence-electron chi connectivity index (χ4n) is 3.46. The van der Waals surface area contributed by atoms with Crippen molar-refractivity contribution < 1.29 is 0 Å². The number of guanidine groups is 1. The van der Waals surface area contributed by atoms with Gasteiger partial charge in [-0.2, -0.15) is 0 Å². The zero-order valence-electron chi connectivity index (χ0n) is 16.2. The molecule has 1 aliphatic rings. The summed E-state index contributed by atoms with van der Waals surface area (Å²) < 4.78 is 0. The number of hydrogen-bond donors (Lipinski definition) is 2. The van der Waals surface area contributed by atoms with Crippen LogP contribution in [0.25, 0.3) is 0 Å². The molecule has 1 unspecified atom stereocenters. The van der Waals surface area contributed by atoms with Crippen molar-refractivity contribution in [3.63, 3.8) is 0 Å². The van der Waals surface area contributed by atoms with Gasteiger partial charge in [0.1, 0.15) is 0 Å². The first-order chi connectivity index (χ1) is 12.8. The van der Waals surface area contributed by atoms with E-state index in [0.29, 0.717) is 12.6 Å². The van der Waals surface area contributed by atoms with Gasteiger partial charge < -0.3 is 10.6 Å². The molecule has 0 amide bonds. The highest BCUT2D eigenvalue weighted by Crippen LogP contribution is 2.19. The quantitative estimate of drug-likeness (QED) is 0.379. The molecule has 0 radical (unpaired) electrons. The Kier molecular flexibility index (Phi) is 9.00. The third-order valence-corrected chi connectivity index (χ3v) is 5.00. The summed E-state index contributed by atoms with van der Waals surface area (Å²) in [7, 11) is 1.82. The lowest BCUT2D eigenvalue weighted by Crippen LogP contribution is -2.44. The topological polar surface area (TPSA) is 52.6 Å². The van der Waals surface area contributed by atoms with E-state index in [-0.39, 0.29) is 24.0 Å². The minimum Gasteiger partial charge on any atom is -0.355 e. The van der Waals surface area contributed by atoms with Crippen LogP contribution in [0.1, 0.15) is 29.7 Å². The maximum Gasteiger partial charge on any atom is 0.191 e. The molecule has 5 nitrogen and oxygen atoms in total. The van der Waals surface area contributed by atoms with Gasteiger partial charge in [-0.1, -0.05) is 36.4 Å². The molecule has 6 heteroatoms. The van der Waals surface area contributed by atoms with Gasteiger partial charge in [0.2, 0.25) is 0 Å². The van der Waals surface area contributed by atoms with E-state index in [4.69, 9.17) is 0 Å². The van der Waals surface area contributed by atoms with E-state index in [0.717, 1.165) is 24.7 Å². The van der Waals surface area contributed by atoms with Gasteiger partial charge in [0.15, 0.2) is 5.96 Å². The van der Waals surface area contributed by atoms with E-state index in [1.807, 2.05) is 19.3 Å². The Morgan fingerprint density at radius 1 is 1.19 bits per heavy atom. The number of hydrogen-bond acceptors (Lipinski definition) is 3. The first kappa shape index (κ1) is 21.6. The summed E-state index contributed by atoms with van der Waals surface area (Å²) in [5.41, 5.74) is 3.63. The molecular weight excluding hydrogens is 449 g/mol. The van der Waals surface area contributed by atoms with Gasteiger partial charge >= 0.3 is 0 Å². The largest absolute Gasteiger partial charge is 0.355 e. The molecule has 1 saturated heterocycles. The first-order valence-electron chi connectivity index (χ1n) is 9.39. The van der Waals surface area contributed by atoms with Crippen molar-refractivity contribution in [3.05, 3.63) is 65.5 Å². The Labute approximate surface area is 179 Å². The van der Waals surface area contributed by atoms with Crippen molar-refractivity contribution in [2.45, 2.75) is 38.9 Å². The monoisotopic (exact) mass is 479 g/mol. The highest BCUT2D eigenvalue weighted by molar-refractivity contribution is 14.0. The van der Waals surface area contributed by atoms with E-state index in [1.165, 1.54) is 30.5 Å². The van der Waals surface area contributed by atoms with Crippen LogP contribution in [0.15, 0.2) is 53.7 Å². The van der Waals surface area contributed by atoms with E-state index in [9.17, 15) is 0 Å². The summed E-state index contributed by atoms with van der Waals surface area (Å²) in [6.07, 6.45) is 4.33. The van der Waals surface area contributed by atoms with Crippen LogP contribution < -0.4 is 10.6 Å². The SMILES string of the molecule is CN=C(NCc1ncccc1C)NCC1CCCN1Cc1ccccc1.I. The van der Waals surface area contributed by atoms with E-state index in [1.54, 1.807) is 0 Å². The van der Waals surface area contributed by atoms with Gasteiger partial charge in [-0.3, -0.25) is 14.9 Å². The lowest BCUT2D eigenvalue weighted by atomic mass is 10.2. The molecule has 2 heterocycles. The molecule has 1 aliphatic heterocycles. The van der Waals surface area contributed by atoms with Crippen molar-refractivity contribution in [2.24, 2.45) is 4.99 Å². The van der Waals surface area contributed by atoms with E-state index in [2.05, 4.69) is 68.8 Å². The van der Waals surface area contributed by atoms with Crippen LogP contribution in [0.4, 0.5) is 0 Å². The molecule has 0 aliphatic carbocycles. The molecule has 0 spiro atoms. The molecule has 1 aromatic heterocycles. The molecular formula is C21H30IN5. The van der Waals surface area contributed by atoms with Crippen molar-refractivity contribution in [2.75, 3.05) is 20.1 Å². The van der Waals surface area contributed by atoms with Gasteiger partial charge in [-0.25, -0.2) is 0 Å². The second kappa shape index (κ2) is 11.2. The summed E-state index contributed by atoms with van der Waals surface area (Å²) in [5.74, 6) is 0.835. The second-order valence-corrected chi connectivity index (χ2v) is 6.83. The number of aromatic nitrogens is 1. The van der Waals surface area contributed by atoms with Gasteiger partial charge in [0, 0.05) is 32.4 Å². The maximum absolute atomic E-state index is 4.43. The fourth-order valence-corrected chi connectivity index (χ4v) is 3.46. The zero-order valence-corrected chi connectivity index (χ0v) is 18.5. The van der Waals surface area contributed by atoms with Crippen LogP contribution in [-0.4, -0.2) is 42.0 Å². The van der Waals surface area contributed by atoms with E-state index >= 15 is 0 Å². The number of nitrogens with zero attached hydrogens (tertiary/aromatic N) is 3. The van der Waals surface area contributed by atoms with Crippen molar-refractivity contribution in [1.29, 1.82) is 0 Å². The first-order valence-corrected chi connectivity index (χ1v) is 9.39.